The van der Waals surface area contributed by atoms with Crippen LogP contribution in [-0.2, 0) is 12.8 Å². The summed E-state index contributed by atoms with van der Waals surface area (Å²) >= 11 is 0. The highest BCUT2D eigenvalue weighted by atomic mass is 19.3. The summed E-state index contributed by atoms with van der Waals surface area (Å²) in [7, 11) is 0. The Kier molecular flexibility index (Phi) is 2.30. The SMILES string of the molecule is FC(F)c1ccc2c(c1)CCCC2. The van der Waals surface area contributed by atoms with Gasteiger partial charge in [-0.1, -0.05) is 12.1 Å². The van der Waals surface area contributed by atoms with E-state index < -0.39 is 6.43 Å². The minimum atomic E-state index is -2.33. The van der Waals surface area contributed by atoms with Gasteiger partial charge in [-0.15, -0.1) is 0 Å². The molecule has 1 aromatic carbocycles. The van der Waals surface area contributed by atoms with E-state index in [1.165, 1.54) is 12.0 Å². The zero-order chi connectivity index (χ0) is 9.26. The number of benzene rings is 1. The van der Waals surface area contributed by atoms with Crippen LogP contribution in [0.5, 0.6) is 0 Å². The average Bonchev–Trinajstić information content (AvgIpc) is 2.17. The van der Waals surface area contributed by atoms with Crippen molar-refractivity contribution in [3.05, 3.63) is 34.9 Å². The van der Waals surface area contributed by atoms with Gasteiger partial charge < -0.3 is 0 Å². The molecule has 0 unspecified atom stereocenters. The summed E-state index contributed by atoms with van der Waals surface area (Å²) in [6.07, 6.45) is 2.03. The van der Waals surface area contributed by atoms with Gasteiger partial charge in [-0.05, 0) is 42.9 Å². The first-order valence-corrected chi connectivity index (χ1v) is 4.67. The molecule has 0 spiro atoms. The molecule has 2 heteroatoms. The largest absolute Gasteiger partial charge is 0.263 e. The summed E-state index contributed by atoms with van der Waals surface area (Å²) < 4.78 is 24.7. The second-order valence-electron chi connectivity index (χ2n) is 3.54. The third-order valence-corrected chi connectivity index (χ3v) is 2.62. The summed E-state index contributed by atoms with van der Waals surface area (Å²) in [5, 5.41) is 0. The quantitative estimate of drug-likeness (QED) is 0.623. The minimum absolute atomic E-state index is 0.167. The number of hydrogen-bond donors (Lipinski definition) is 0. The summed E-state index contributed by atoms with van der Waals surface area (Å²) in [5.74, 6) is 0. The Balaban J connectivity index is 2.35. The molecule has 13 heavy (non-hydrogen) atoms. The number of aryl methyl sites for hydroxylation is 2. The standard InChI is InChI=1S/C11H12F2/c12-11(13)10-6-5-8-3-1-2-4-9(8)7-10/h5-7,11H,1-4H2. The van der Waals surface area contributed by atoms with Crippen molar-refractivity contribution in [3.8, 4) is 0 Å². The number of hydrogen-bond acceptors (Lipinski definition) is 0. The molecule has 1 aliphatic rings. The highest BCUT2D eigenvalue weighted by Gasteiger charge is 2.12. The lowest BCUT2D eigenvalue weighted by Crippen LogP contribution is -2.03. The van der Waals surface area contributed by atoms with Crippen LogP contribution in [0.4, 0.5) is 8.78 Å². The van der Waals surface area contributed by atoms with Gasteiger partial charge in [0.25, 0.3) is 6.43 Å². The Morgan fingerprint density at radius 2 is 1.69 bits per heavy atom. The van der Waals surface area contributed by atoms with Crippen molar-refractivity contribution in [3.63, 3.8) is 0 Å². The Labute approximate surface area is 76.6 Å². The Morgan fingerprint density at radius 1 is 1.00 bits per heavy atom. The van der Waals surface area contributed by atoms with Gasteiger partial charge in [-0.25, -0.2) is 8.78 Å². The summed E-state index contributed by atoms with van der Waals surface area (Å²) in [6.45, 7) is 0. The molecule has 0 saturated carbocycles. The van der Waals surface area contributed by atoms with Gasteiger partial charge in [0, 0.05) is 5.56 Å². The first-order chi connectivity index (χ1) is 6.27. The maximum Gasteiger partial charge on any atom is 0.263 e. The lowest BCUT2D eigenvalue weighted by Gasteiger charge is -2.16. The summed E-state index contributed by atoms with van der Waals surface area (Å²) in [5.41, 5.74) is 2.56. The molecule has 0 saturated heterocycles. The van der Waals surface area contributed by atoms with E-state index in [0.29, 0.717) is 0 Å². The van der Waals surface area contributed by atoms with Crippen molar-refractivity contribution in [2.75, 3.05) is 0 Å². The molecule has 2 rings (SSSR count). The van der Waals surface area contributed by atoms with E-state index in [-0.39, 0.29) is 5.56 Å². The molecule has 1 aliphatic carbocycles. The number of alkyl halides is 2. The lowest BCUT2D eigenvalue weighted by molar-refractivity contribution is 0.151. The molecule has 1 aromatic rings. The van der Waals surface area contributed by atoms with Gasteiger partial charge in [0.05, 0.1) is 0 Å². The van der Waals surface area contributed by atoms with Crippen LogP contribution in [0.1, 0.15) is 36.0 Å². The van der Waals surface area contributed by atoms with Gasteiger partial charge in [0.1, 0.15) is 0 Å². The van der Waals surface area contributed by atoms with Crippen molar-refractivity contribution in [1.82, 2.24) is 0 Å². The zero-order valence-corrected chi connectivity index (χ0v) is 7.39. The monoisotopic (exact) mass is 182 g/mol. The zero-order valence-electron chi connectivity index (χ0n) is 7.39. The molecule has 0 heterocycles. The summed E-state index contributed by atoms with van der Waals surface area (Å²) in [4.78, 5) is 0. The Morgan fingerprint density at radius 3 is 2.38 bits per heavy atom. The molecule has 0 fully saturated rings. The topological polar surface area (TPSA) is 0 Å². The van der Waals surface area contributed by atoms with Crippen molar-refractivity contribution >= 4 is 0 Å². The van der Waals surface area contributed by atoms with Gasteiger partial charge in [-0.2, -0.15) is 0 Å². The van der Waals surface area contributed by atoms with Crippen LogP contribution < -0.4 is 0 Å². The fourth-order valence-corrected chi connectivity index (χ4v) is 1.89. The van der Waals surface area contributed by atoms with Crippen molar-refractivity contribution in [1.29, 1.82) is 0 Å². The maximum atomic E-state index is 12.3. The molecule has 0 aliphatic heterocycles. The highest BCUT2D eigenvalue weighted by Crippen LogP contribution is 2.26. The van der Waals surface area contributed by atoms with E-state index in [2.05, 4.69) is 0 Å². The summed E-state index contributed by atoms with van der Waals surface area (Å²) in [6, 6.07) is 5.07. The van der Waals surface area contributed by atoms with Crippen LogP contribution in [0.3, 0.4) is 0 Å². The van der Waals surface area contributed by atoms with Crippen LogP contribution in [-0.4, -0.2) is 0 Å². The van der Waals surface area contributed by atoms with Gasteiger partial charge in [0.15, 0.2) is 0 Å². The lowest BCUT2D eigenvalue weighted by atomic mass is 9.90. The van der Waals surface area contributed by atoms with Crippen LogP contribution in [0.2, 0.25) is 0 Å². The normalized spacial score (nSPS) is 15.9. The van der Waals surface area contributed by atoms with Crippen LogP contribution >= 0.6 is 0 Å². The molecule has 0 bridgehead atoms. The van der Waals surface area contributed by atoms with E-state index in [1.807, 2.05) is 6.07 Å². The smallest absolute Gasteiger partial charge is 0.205 e. The molecular formula is C11H12F2. The van der Waals surface area contributed by atoms with Crippen LogP contribution in [0, 0.1) is 0 Å². The number of rotatable bonds is 1. The van der Waals surface area contributed by atoms with Crippen LogP contribution in [0.25, 0.3) is 0 Å². The second kappa shape index (κ2) is 3.44. The molecular weight excluding hydrogens is 170 g/mol. The average molecular weight is 182 g/mol. The molecule has 0 nitrogen and oxygen atoms in total. The first-order valence-electron chi connectivity index (χ1n) is 4.67. The van der Waals surface area contributed by atoms with E-state index in [9.17, 15) is 8.78 Å². The Bertz CT molecular complexity index is 305. The van der Waals surface area contributed by atoms with E-state index in [4.69, 9.17) is 0 Å². The highest BCUT2D eigenvalue weighted by molar-refractivity contribution is 5.34. The van der Waals surface area contributed by atoms with Gasteiger partial charge >= 0.3 is 0 Å². The van der Waals surface area contributed by atoms with Gasteiger partial charge in [0.2, 0.25) is 0 Å². The molecule has 0 aromatic heterocycles. The minimum Gasteiger partial charge on any atom is -0.205 e. The number of fused-ring (bicyclic) bond motifs is 1. The molecule has 0 atom stereocenters. The van der Waals surface area contributed by atoms with E-state index in [1.54, 1.807) is 12.1 Å². The second-order valence-corrected chi connectivity index (χ2v) is 3.54. The molecule has 70 valence electrons. The maximum absolute atomic E-state index is 12.3. The van der Waals surface area contributed by atoms with Crippen LogP contribution in [0.15, 0.2) is 18.2 Å². The van der Waals surface area contributed by atoms with Crippen molar-refractivity contribution < 1.29 is 8.78 Å². The molecule has 0 N–H and O–H groups in total. The Hall–Kier alpha value is -0.920. The molecule has 0 radical (unpaired) electrons. The van der Waals surface area contributed by atoms with E-state index >= 15 is 0 Å². The van der Waals surface area contributed by atoms with Crippen molar-refractivity contribution in [2.24, 2.45) is 0 Å². The van der Waals surface area contributed by atoms with E-state index in [0.717, 1.165) is 24.8 Å². The third kappa shape index (κ3) is 1.71. The number of halogens is 2. The fourth-order valence-electron chi connectivity index (χ4n) is 1.89. The fraction of sp³-hybridized carbons (Fsp3) is 0.455. The molecule has 0 amide bonds. The third-order valence-electron chi connectivity index (χ3n) is 2.62. The van der Waals surface area contributed by atoms with Gasteiger partial charge in [-0.3, -0.25) is 0 Å². The van der Waals surface area contributed by atoms with Crippen molar-refractivity contribution in [2.45, 2.75) is 32.1 Å². The predicted molar refractivity (Wildman–Crippen MR) is 48.0 cm³/mol. The predicted octanol–water partition coefficient (Wildman–Crippen LogP) is 3.50. The first kappa shape index (κ1) is 8.67.